The Balaban J connectivity index is 3.18. The third kappa shape index (κ3) is 3.59. The fourth-order valence-electron chi connectivity index (χ4n) is 1.58. The molecule has 1 atom stereocenters. The van der Waals surface area contributed by atoms with Crippen molar-refractivity contribution < 1.29 is 14.5 Å². The zero-order valence-corrected chi connectivity index (χ0v) is 12.7. The number of halogens is 2. The monoisotopic (exact) mass is 320 g/mol. The van der Waals surface area contributed by atoms with Crippen LogP contribution in [0.3, 0.4) is 0 Å². The van der Waals surface area contributed by atoms with Crippen LogP contribution in [0.5, 0.6) is 0 Å². The van der Waals surface area contributed by atoms with Crippen LogP contribution in [0.2, 0.25) is 10.0 Å². The van der Waals surface area contributed by atoms with Crippen LogP contribution in [0.1, 0.15) is 17.3 Å². The molecule has 0 heterocycles. The fraction of sp³-hybridized carbons (Fsp3) is 0.417. The minimum absolute atomic E-state index is 0.00117. The summed E-state index contributed by atoms with van der Waals surface area (Å²) in [6.45, 7) is 2.12. The molecule has 0 fully saturated rings. The fourth-order valence-corrected chi connectivity index (χ4v) is 1.98. The van der Waals surface area contributed by atoms with Crippen molar-refractivity contribution >= 4 is 34.8 Å². The average Bonchev–Trinajstić information content (AvgIpc) is 2.40. The first-order chi connectivity index (χ1) is 9.29. The number of likely N-dealkylation sites (N-methyl/N-ethyl adjacent to an activating group) is 1. The van der Waals surface area contributed by atoms with Gasteiger partial charge in [0.2, 0.25) is 0 Å². The lowest BCUT2D eigenvalue weighted by molar-refractivity contribution is -0.384. The summed E-state index contributed by atoms with van der Waals surface area (Å²) < 4.78 is 4.97. The van der Waals surface area contributed by atoms with Crippen molar-refractivity contribution in [2.75, 3.05) is 20.8 Å². The van der Waals surface area contributed by atoms with Gasteiger partial charge in [-0.05, 0) is 6.92 Å². The maximum absolute atomic E-state index is 12.3. The normalized spacial score (nSPS) is 12.1. The van der Waals surface area contributed by atoms with E-state index in [1.54, 1.807) is 14.0 Å². The number of carbonyl (C=O) groups excluding carboxylic acids is 1. The van der Waals surface area contributed by atoms with Crippen molar-refractivity contribution in [1.29, 1.82) is 0 Å². The Hall–Kier alpha value is -1.37. The minimum atomic E-state index is -0.627. The molecule has 110 valence electrons. The second-order valence-corrected chi connectivity index (χ2v) is 5.05. The standard InChI is InChI=1S/C12H14Cl2N2O4/c1-7(6-20-3)15(2)12(17)9-4-8(16(18)19)5-10(13)11(9)14/h4-5,7H,6H2,1-3H3. The first-order valence-corrected chi connectivity index (χ1v) is 6.44. The number of hydrogen-bond acceptors (Lipinski definition) is 4. The van der Waals surface area contributed by atoms with Gasteiger partial charge in [-0.2, -0.15) is 0 Å². The zero-order valence-electron chi connectivity index (χ0n) is 11.2. The maximum atomic E-state index is 12.3. The number of amides is 1. The van der Waals surface area contributed by atoms with Crippen LogP contribution >= 0.6 is 23.2 Å². The molecule has 6 nitrogen and oxygen atoms in total. The summed E-state index contributed by atoms with van der Waals surface area (Å²) in [5.74, 6) is -0.454. The van der Waals surface area contributed by atoms with E-state index in [1.807, 2.05) is 0 Å². The molecule has 20 heavy (non-hydrogen) atoms. The molecule has 1 amide bonds. The van der Waals surface area contributed by atoms with Gasteiger partial charge < -0.3 is 9.64 Å². The van der Waals surface area contributed by atoms with Gasteiger partial charge in [-0.1, -0.05) is 23.2 Å². The Labute approximate surface area is 126 Å². The smallest absolute Gasteiger partial charge is 0.271 e. The molecule has 0 aliphatic heterocycles. The van der Waals surface area contributed by atoms with E-state index in [0.717, 1.165) is 12.1 Å². The SMILES string of the molecule is COCC(C)N(C)C(=O)c1cc([N+](=O)[O-])cc(Cl)c1Cl. The predicted molar refractivity (Wildman–Crippen MR) is 76.5 cm³/mol. The molecule has 1 unspecified atom stereocenters. The highest BCUT2D eigenvalue weighted by Gasteiger charge is 2.24. The molecule has 0 N–H and O–H groups in total. The number of hydrogen-bond donors (Lipinski definition) is 0. The summed E-state index contributed by atoms with van der Waals surface area (Å²) in [5.41, 5.74) is -0.285. The summed E-state index contributed by atoms with van der Waals surface area (Å²) in [7, 11) is 3.08. The molecular weight excluding hydrogens is 307 g/mol. The number of methoxy groups -OCH3 is 1. The number of ether oxygens (including phenoxy) is 1. The molecule has 0 aliphatic rings. The van der Waals surface area contributed by atoms with Crippen LogP contribution < -0.4 is 0 Å². The second-order valence-electron chi connectivity index (χ2n) is 4.27. The third-order valence-corrected chi connectivity index (χ3v) is 3.65. The van der Waals surface area contributed by atoms with Crippen molar-refractivity contribution in [2.24, 2.45) is 0 Å². The Kier molecular flexibility index (Phi) is 5.74. The van der Waals surface area contributed by atoms with E-state index < -0.39 is 10.8 Å². The third-order valence-electron chi connectivity index (χ3n) is 2.84. The van der Waals surface area contributed by atoms with E-state index >= 15 is 0 Å². The maximum Gasteiger partial charge on any atom is 0.271 e. The number of nitro benzene ring substituents is 1. The number of benzene rings is 1. The number of non-ortho nitro benzene ring substituents is 1. The van der Waals surface area contributed by atoms with Crippen molar-refractivity contribution in [3.05, 3.63) is 37.9 Å². The van der Waals surface area contributed by atoms with Gasteiger partial charge in [0.25, 0.3) is 11.6 Å². The van der Waals surface area contributed by atoms with Crippen molar-refractivity contribution in [1.82, 2.24) is 4.90 Å². The van der Waals surface area contributed by atoms with Crippen LogP contribution in [0.25, 0.3) is 0 Å². The lowest BCUT2D eigenvalue weighted by atomic mass is 10.1. The van der Waals surface area contributed by atoms with Gasteiger partial charge in [0.15, 0.2) is 0 Å². The molecule has 1 rings (SSSR count). The van der Waals surface area contributed by atoms with E-state index in [0.29, 0.717) is 6.61 Å². The molecule has 0 bridgehead atoms. The Morgan fingerprint density at radius 2 is 2.10 bits per heavy atom. The van der Waals surface area contributed by atoms with Crippen LogP contribution in [-0.4, -0.2) is 42.5 Å². The Bertz CT molecular complexity index is 536. The molecule has 0 radical (unpaired) electrons. The summed E-state index contributed by atoms with van der Waals surface area (Å²) >= 11 is 11.8. The summed E-state index contributed by atoms with van der Waals surface area (Å²) in [6.07, 6.45) is 0. The van der Waals surface area contributed by atoms with Crippen LogP contribution in [0.15, 0.2) is 12.1 Å². The Morgan fingerprint density at radius 1 is 1.50 bits per heavy atom. The largest absolute Gasteiger partial charge is 0.383 e. The number of carbonyl (C=O) groups is 1. The van der Waals surface area contributed by atoms with Crippen molar-refractivity contribution in [3.63, 3.8) is 0 Å². The zero-order chi connectivity index (χ0) is 15.4. The highest BCUT2D eigenvalue weighted by atomic mass is 35.5. The molecule has 0 aliphatic carbocycles. The van der Waals surface area contributed by atoms with Gasteiger partial charge in [0.1, 0.15) is 0 Å². The topological polar surface area (TPSA) is 72.7 Å². The molecule has 0 spiro atoms. The Morgan fingerprint density at radius 3 is 2.60 bits per heavy atom. The van der Waals surface area contributed by atoms with Gasteiger partial charge in [-0.15, -0.1) is 0 Å². The summed E-state index contributed by atoms with van der Waals surface area (Å²) in [6, 6.07) is 2.02. The van der Waals surface area contributed by atoms with E-state index in [1.165, 1.54) is 12.0 Å². The lowest BCUT2D eigenvalue weighted by Gasteiger charge is -2.24. The molecule has 1 aromatic rings. The molecule has 0 saturated carbocycles. The van der Waals surface area contributed by atoms with E-state index in [-0.39, 0.29) is 27.3 Å². The summed E-state index contributed by atoms with van der Waals surface area (Å²) in [5, 5.41) is 10.8. The molecule has 0 aromatic heterocycles. The predicted octanol–water partition coefficient (Wildman–Crippen LogP) is 3.01. The quantitative estimate of drug-likeness (QED) is 0.617. The van der Waals surface area contributed by atoms with Gasteiger partial charge in [-0.25, -0.2) is 0 Å². The highest BCUT2D eigenvalue weighted by Crippen LogP contribution is 2.31. The second kappa shape index (κ2) is 6.88. The minimum Gasteiger partial charge on any atom is -0.383 e. The van der Waals surface area contributed by atoms with Gasteiger partial charge in [0.05, 0.1) is 33.2 Å². The molecule has 1 aromatic carbocycles. The molecule has 8 heteroatoms. The van der Waals surface area contributed by atoms with E-state index in [2.05, 4.69) is 0 Å². The van der Waals surface area contributed by atoms with Crippen LogP contribution in [-0.2, 0) is 4.74 Å². The van der Waals surface area contributed by atoms with E-state index in [9.17, 15) is 14.9 Å². The number of nitrogens with zero attached hydrogens (tertiary/aromatic N) is 2. The average molecular weight is 321 g/mol. The van der Waals surface area contributed by atoms with Gasteiger partial charge >= 0.3 is 0 Å². The van der Waals surface area contributed by atoms with Gasteiger partial charge in [-0.3, -0.25) is 14.9 Å². The first kappa shape index (κ1) is 16.7. The molecule has 0 saturated heterocycles. The molecular formula is C12H14Cl2N2O4. The van der Waals surface area contributed by atoms with Crippen LogP contribution in [0.4, 0.5) is 5.69 Å². The number of nitro groups is 1. The van der Waals surface area contributed by atoms with Crippen LogP contribution in [0, 0.1) is 10.1 Å². The number of rotatable bonds is 5. The summed E-state index contributed by atoms with van der Waals surface area (Å²) in [4.78, 5) is 23.9. The lowest BCUT2D eigenvalue weighted by Crippen LogP contribution is -2.38. The van der Waals surface area contributed by atoms with Crippen molar-refractivity contribution in [2.45, 2.75) is 13.0 Å². The van der Waals surface area contributed by atoms with Gasteiger partial charge in [0, 0.05) is 26.3 Å². The van der Waals surface area contributed by atoms with Crippen molar-refractivity contribution in [3.8, 4) is 0 Å². The first-order valence-electron chi connectivity index (χ1n) is 5.69. The highest BCUT2D eigenvalue weighted by molar-refractivity contribution is 6.44. The van der Waals surface area contributed by atoms with E-state index in [4.69, 9.17) is 27.9 Å².